The van der Waals surface area contributed by atoms with E-state index in [1.165, 1.54) is 18.2 Å². The molecule has 0 aliphatic rings. The molecule has 2 rings (SSSR count). The van der Waals surface area contributed by atoms with Crippen LogP contribution in [-0.2, 0) is 19.4 Å². The van der Waals surface area contributed by atoms with E-state index in [0.29, 0.717) is 0 Å². The van der Waals surface area contributed by atoms with Crippen LogP contribution in [-0.4, -0.2) is 32.7 Å². The quantitative estimate of drug-likeness (QED) is 0.707. The number of amides is 1. The van der Waals surface area contributed by atoms with Gasteiger partial charge in [-0.15, -0.1) is 0 Å². The fourth-order valence-corrected chi connectivity index (χ4v) is 2.89. The zero-order valence-electron chi connectivity index (χ0n) is 13.9. The molecule has 2 aromatic carbocycles. The number of hydrogen-bond acceptors (Lipinski definition) is 6. The number of ether oxygens (including phenoxy) is 1. The van der Waals surface area contributed by atoms with Crippen LogP contribution in [0.15, 0.2) is 47.4 Å². The normalized spacial score (nSPS) is 11.0. The third kappa shape index (κ3) is 5.03. The molecule has 0 saturated heterocycles. The number of esters is 1. The van der Waals surface area contributed by atoms with Crippen LogP contribution >= 0.6 is 11.6 Å². The molecule has 0 spiro atoms. The number of benzene rings is 2. The Morgan fingerprint density at radius 1 is 1.18 bits per heavy atom. The van der Waals surface area contributed by atoms with E-state index < -0.39 is 39.0 Å². The van der Waals surface area contributed by atoms with Crippen LogP contribution in [0, 0.1) is 11.3 Å². The molecule has 0 heterocycles. The molecule has 2 aromatic rings. The fourth-order valence-electron chi connectivity index (χ4n) is 2.00. The van der Waals surface area contributed by atoms with Crippen LogP contribution in [0.1, 0.15) is 15.9 Å². The van der Waals surface area contributed by atoms with Crippen LogP contribution in [0.5, 0.6) is 0 Å². The minimum Gasteiger partial charge on any atom is -0.452 e. The van der Waals surface area contributed by atoms with Gasteiger partial charge >= 0.3 is 11.7 Å². The van der Waals surface area contributed by atoms with Gasteiger partial charge in [-0.3, -0.25) is 4.79 Å². The van der Waals surface area contributed by atoms with E-state index in [2.05, 4.69) is 5.32 Å². The SMILES string of the molecule is N#Cc1ccc(Cl)cc1NC(=O)COC(=O)c1ccc(S(=O)(=O)C(F)F)cc1. The maximum absolute atomic E-state index is 12.5. The Hall–Kier alpha value is -3.03. The Kier molecular flexibility index (Phi) is 6.66. The minimum absolute atomic E-state index is 0.137. The van der Waals surface area contributed by atoms with Crippen LogP contribution in [0.25, 0.3) is 0 Å². The van der Waals surface area contributed by atoms with Crippen molar-refractivity contribution in [2.24, 2.45) is 0 Å². The number of anilines is 1. The Labute approximate surface area is 163 Å². The highest BCUT2D eigenvalue weighted by Crippen LogP contribution is 2.21. The second-order valence-electron chi connectivity index (χ2n) is 5.26. The first-order valence-electron chi connectivity index (χ1n) is 7.44. The third-order valence-electron chi connectivity index (χ3n) is 3.36. The lowest BCUT2D eigenvalue weighted by Crippen LogP contribution is -2.21. The van der Waals surface area contributed by atoms with Crippen LogP contribution in [0.3, 0.4) is 0 Å². The number of halogens is 3. The van der Waals surface area contributed by atoms with Gasteiger partial charge in [0.25, 0.3) is 5.91 Å². The van der Waals surface area contributed by atoms with Crippen molar-refractivity contribution < 1.29 is 31.5 Å². The molecule has 0 radical (unpaired) electrons. The van der Waals surface area contributed by atoms with Gasteiger partial charge in [0.15, 0.2) is 6.61 Å². The molecule has 7 nitrogen and oxygen atoms in total. The smallest absolute Gasteiger partial charge is 0.341 e. The summed E-state index contributed by atoms with van der Waals surface area (Å²) in [5, 5.41) is 11.6. The van der Waals surface area contributed by atoms with Crippen molar-refractivity contribution in [1.29, 1.82) is 5.26 Å². The number of nitrogens with one attached hydrogen (secondary N) is 1. The molecular formula is C17H11ClF2N2O5S. The Balaban J connectivity index is 2.00. The van der Waals surface area contributed by atoms with Gasteiger partial charge in [-0.25, -0.2) is 13.2 Å². The summed E-state index contributed by atoms with van der Waals surface area (Å²) in [6.45, 7) is -0.701. The Morgan fingerprint density at radius 3 is 2.39 bits per heavy atom. The standard InChI is InChI=1S/C17H11ClF2N2O5S/c18-12-4-1-11(8-21)14(7-12)22-15(23)9-27-16(24)10-2-5-13(6-3-10)28(25,26)17(19)20/h1-7,17H,9H2,(H,22,23). The largest absolute Gasteiger partial charge is 0.452 e. The van der Waals surface area contributed by atoms with Crippen molar-refractivity contribution in [2.45, 2.75) is 10.7 Å². The molecule has 28 heavy (non-hydrogen) atoms. The van der Waals surface area contributed by atoms with E-state index in [0.717, 1.165) is 24.3 Å². The lowest BCUT2D eigenvalue weighted by molar-refractivity contribution is -0.119. The molecule has 0 atom stereocenters. The predicted molar refractivity (Wildman–Crippen MR) is 94.7 cm³/mol. The number of alkyl halides is 2. The van der Waals surface area contributed by atoms with Crippen molar-refractivity contribution in [1.82, 2.24) is 0 Å². The molecule has 146 valence electrons. The molecule has 0 aliphatic carbocycles. The van der Waals surface area contributed by atoms with Crippen molar-refractivity contribution in [2.75, 3.05) is 11.9 Å². The summed E-state index contributed by atoms with van der Waals surface area (Å²) in [4.78, 5) is 23.1. The highest BCUT2D eigenvalue weighted by molar-refractivity contribution is 7.91. The number of hydrogen-bond donors (Lipinski definition) is 1. The number of carbonyl (C=O) groups excluding carboxylic acids is 2. The van der Waals surface area contributed by atoms with Crippen LogP contribution in [0.4, 0.5) is 14.5 Å². The summed E-state index contributed by atoms with van der Waals surface area (Å²) >= 11 is 5.79. The van der Waals surface area contributed by atoms with E-state index in [-0.39, 0.29) is 21.8 Å². The molecular weight excluding hydrogens is 418 g/mol. The second-order valence-corrected chi connectivity index (χ2v) is 7.61. The molecule has 1 N–H and O–H groups in total. The first-order chi connectivity index (χ1) is 13.1. The average Bonchev–Trinajstić information content (AvgIpc) is 2.66. The second kappa shape index (κ2) is 8.77. The number of rotatable bonds is 6. The predicted octanol–water partition coefficient (Wildman–Crippen LogP) is 3.00. The van der Waals surface area contributed by atoms with E-state index >= 15 is 0 Å². The van der Waals surface area contributed by atoms with Crippen molar-refractivity contribution in [3.8, 4) is 6.07 Å². The van der Waals surface area contributed by atoms with Crippen molar-refractivity contribution in [3.63, 3.8) is 0 Å². The Bertz CT molecular complexity index is 1050. The monoisotopic (exact) mass is 428 g/mol. The average molecular weight is 429 g/mol. The van der Waals surface area contributed by atoms with Crippen molar-refractivity contribution in [3.05, 3.63) is 58.6 Å². The molecule has 0 bridgehead atoms. The first kappa shape index (κ1) is 21.3. The first-order valence-corrected chi connectivity index (χ1v) is 9.36. The third-order valence-corrected chi connectivity index (χ3v) is 5.00. The molecule has 0 saturated carbocycles. The van der Waals surface area contributed by atoms with Gasteiger partial charge in [0.05, 0.1) is 21.7 Å². The molecule has 0 aromatic heterocycles. The van der Waals surface area contributed by atoms with Gasteiger partial charge in [-0.1, -0.05) is 11.6 Å². The van der Waals surface area contributed by atoms with Crippen molar-refractivity contribution >= 4 is 39.0 Å². The maximum Gasteiger partial charge on any atom is 0.341 e. The zero-order valence-corrected chi connectivity index (χ0v) is 15.4. The number of nitriles is 1. The van der Waals surface area contributed by atoms with Gasteiger partial charge in [-0.05, 0) is 42.5 Å². The zero-order chi connectivity index (χ0) is 20.9. The molecule has 11 heteroatoms. The highest BCUT2D eigenvalue weighted by atomic mass is 35.5. The van der Waals surface area contributed by atoms with E-state index in [1.54, 1.807) is 0 Å². The van der Waals surface area contributed by atoms with Gasteiger partial charge in [-0.2, -0.15) is 14.0 Å². The summed E-state index contributed by atoms with van der Waals surface area (Å²) < 4.78 is 52.4. The van der Waals surface area contributed by atoms with E-state index in [1.807, 2.05) is 6.07 Å². The summed E-state index contributed by atoms with van der Waals surface area (Å²) in [6, 6.07) is 9.72. The molecule has 0 fully saturated rings. The molecule has 0 aliphatic heterocycles. The molecule has 1 amide bonds. The molecule has 0 unspecified atom stereocenters. The number of carbonyl (C=O) groups is 2. The minimum atomic E-state index is -4.78. The van der Waals surface area contributed by atoms with Gasteiger partial charge < -0.3 is 10.1 Å². The summed E-state index contributed by atoms with van der Waals surface area (Å²) in [5.74, 6) is -5.30. The summed E-state index contributed by atoms with van der Waals surface area (Å²) in [5.41, 5.74) is 0.152. The van der Waals surface area contributed by atoms with Gasteiger partial charge in [0, 0.05) is 5.02 Å². The van der Waals surface area contributed by atoms with Crippen LogP contribution < -0.4 is 5.32 Å². The van der Waals surface area contributed by atoms with Gasteiger partial charge in [0.2, 0.25) is 9.84 Å². The Morgan fingerprint density at radius 2 is 1.82 bits per heavy atom. The number of sulfone groups is 1. The maximum atomic E-state index is 12.5. The fraction of sp³-hybridized carbons (Fsp3) is 0.118. The summed E-state index contributed by atoms with van der Waals surface area (Å²) in [6.07, 6.45) is 0. The topological polar surface area (TPSA) is 113 Å². The van der Waals surface area contributed by atoms with E-state index in [4.69, 9.17) is 21.6 Å². The van der Waals surface area contributed by atoms with E-state index in [9.17, 15) is 26.8 Å². The summed E-state index contributed by atoms with van der Waals surface area (Å²) in [7, 11) is -4.78. The van der Waals surface area contributed by atoms with Gasteiger partial charge in [0.1, 0.15) is 6.07 Å². The lowest BCUT2D eigenvalue weighted by Gasteiger charge is -2.09. The number of nitrogens with zero attached hydrogens (tertiary/aromatic N) is 1. The lowest BCUT2D eigenvalue weighted by atomic mass is 10.2. The van der Waals surface area contributed by atoms with Crippen LogP contribution in [0.2, 0.25) is 5.02 Å². The highest BCUT2D eigenvalue weighted by Gasteiger charge is 2.26.